The van der Waals surface area contributed by atoms with Crippen LogP contribution in [0.15, 0.2) is 41.2 Å². The third-order valence-corrected chi connectivity index (χ3v) is 4.18. The number of nitrogens with zero attached hydrogens (tertiary/aromatic N) is 2. The van der Waals surface area contributed by atoms with E-state index in [0.717, 1.165) is 35.6 Å². The van der Waals surface area contributed by atoms with Crippen LogP contribution in [-0.4, -0.2) is 34.2 Å². The zero-order valence-corrected chi connectivity index (χ0v) is 14.2. The molecule has 3 aromatic rings. The summed E-state index contributed by atoms with van der Waals surface area (Å²) in [6, 6.07) is 7.71. The number of H-pyrrole nitrogens is 1. The van der Waals surface area contributed by atoms with Crippen LogP contribution in [0, 0.1) is 6.92 Å². The summed E-state index contributed by atoms with van der Waals surface area (Å²) in [6.45, 7) is 3.34. The summed E-state index contributed by atoms with van der Waals surface area (Å²) in [7, 11) is 0. The molecule has 3 aromatic heterocycles. The van der Waals surface area contributed by atoms with E-state index in [1.807, 2.05) is 42.1 Å². The van der Waals surface area contributed by atoms with Crippen molar-refractivity contribution in [2.75, 3.05) is 18.4 Å². The molecule has 0 fully saturated rings. The smallest absolute Gasteiger partial charge is 0.269 e. The van der Waals surface area contributed by atoms with Gasteiger partial charge in [0.2, 0.25) is 0 Å². The Hall–Kier alpha value is -2.67. The molecule has 6 nitrogen and oxygen atoms in total. The van der Waals surface area contributed by atoms with Gasteiger partial charge in [-0.3, -0.25) is 9.89 Å². The van der Waals surface area contributed by atoms with E-state index in [-0.39, 0.29) is 5.91 Å². The number of hydrogen-bond donors (Lipinski definition) is 3. The van der Waals surface area contributed by atoms with Crippen molar-refractivity contribution in [3.63, 3.8) is 0 Å². The molecule has 0 aliphatic rings. The molecule has 0 radical (unpaired) electrons. The first-order chi connectivity index (χ1) is 11.7. The predicted molar refractivity (Wildman–Crippen MR) is 96.3 cm³/mol. The predicted octanol–water partition coefficient (Wildman–Crippen LogP) is 3.07. The van der Waals surface area contributed by atoms with Gasteiger partial charge in [0, 0.05) is 30.2 Å². The maximum atomic E-state index is 12.1. The highest BCUT2D eigenvalue weighted by Gasteiger charge is 2.10. The second kappa shape index (κ2) is 7.74. The van der Waals surface area contributed by atoms with Gasteiger partial charge in [0.25, 0.3) is 5.91 Å². The van der Waals surface area contributed by atoms with Gasteiger partial charge in [0.1, 0.15) is 11.5 Å². The Labute approximate surface area is 144 Å². The number of aryl methyl sites for hydroxylation is 1. The minimum absolute atomic E-state index is 0.141. The van der Waals surface area contributed by atoms with Gasteiger partial charge in [-0.25, -0.2) is 4.98 Å². The Bertz CT molecular complexity index is 780. The van der Waals surface area contributed by atoms with Gasteiger partial charge in [0.15, 0.2) is 0 Å². The summed E-state index contributed by atoms with van der Waals surface area (Å²) < 4.78 is 0. The second-order valence-electron chi connectivity index (χ2n) is 5.44. The number of amides is 1. The van der Waals surface area contributed by atoms with Crippen LogP contribution >= 0.6 is 11.3 Å². The molecule has 3 heterocycles. The highest BCUT2D eigenvalue weighted by Crippen LogP contribution is 2.20. The SMILES string of the molecule is Cc1ccc(NCCCNC(=O)c2cc(-c3ccsc3)n[nH]2)nc1. The van der Waals surface area contributed by atoms with Crippen LogP contribution in [0.1, 0.15) is 22.5 Å². The largest absolute Gasteiger partial charge is 0.370 e. The number of hydrogen-bond acceptors (Lipinski definition) is 5. The Kier molecular flexibility index (Phi) is 5.22. The minimum atomic E-state index is -0.141. The normalized spacial score (nSPS) is 10.5. The van der Waals surface area contributed by atoms with E-state index in [0.29, 0.717) is 12.2 Å². The van der Waals surface area contributed by atoms with Gasteiger partial charge in [-0.05, 0) is 42.5 Å². The lowest BCUT2D eigenvalue weighted by molar-refractivity contribution is 0.0948. The third kappa shape index (κ3) is 4.20. The molecule has 24 heavy (non-hydrogen) atoms. The summed E-state index contributed by atoms with van der Waals surface area (Å²) in [6.07, 6.45) is 2.64. The standard InChI is InChI=1S/C17H19N5OS/c1-12-3-4-16(20-10-12)18-6-2-7-19-17(23)15-9-14(21-22-15)13-5-8-24-11-13/h3-5,8-11H,2,6-7H2,1H3,(H,18,20)(H,19,23)(H,21,22). The number of carbonyl (C=O) groups excluding carboxylic acids is 1. The summed E-state index contributed by atoms with van der Waals surface area (Å²) in [5.74, 6) is 0.707. The molecule has 1 amide bonds. The Morgan fingerprint density at radius 1 is 1.29 bits per heavy atom. The molecule has 124 valence electrons. The molecule has 0 unspecified atom stereocenters. The van der Waals surface area contributed by atoms with Gasteiger partial charge >= 0.3 is 0 Å². The van der Waals surface area contributed by atoms with Crippen molar-refractivity contribution in [2.45, 2.75) is 13.3 Å². The molecular formula is C17H19N5OS. The Morgan fingerprint density at radius 3 is 2.96 bits per heavy atom. The number of anilines is 1. The first-order valence-electron chi connectivity index (χ1n) is 7.75. The number of pyridine rings is 1. The van der Waals surface area contributed by atoms with Crippen LogP contribution < -0.4 is 10.6 Å². The fourth-order valence-corrected chi connectivity index (χ4v) is 2.82. The van der Waals surface area contributed by atoms with Crippen molar-refractivity contribution in [1.29, 1.82) is 0 Å². The lowest BCUT2D eigenvalue weighted by Crippen LogP contribution is -2.26. The zero-order valence-electron chi connectivity index (χ0n) is 13.4. The van der Waals surface area contributed by atoms with E-state index in [2.05, 4.69) is 25.8 Å². The summed E-state index contributed by atoms with van der Waals surface area (Å²) in [5.41, 5.74) is 3.41. The van der Waals surface area contributed by atoms with Crippen LogP contribution in [0.2, 0.25) is 0 Å². The van der Waals surface area contributed by atoms with Crippen LogP contribution in [0.3, 0.4) is 0 Å². The summed E-state index contributed by atoms with van der Waals surface area (Å²) in [5, 5.41) is 17.1. The lowest BCUT2D eigenvalue weighted by atomic mass is 10.2. The highest BCUT2D eigenvalue weighted by atomic mass is 32.1. The van der Waals surface area contributed by atoms with Crippen molar-refractivity contribution in [1.82, 2.24) is 20.5 Å². The Balaban J connectivity index is 1.40. The van der Waals surface area contributed by atoms with E-state index in [9.17, 15) is 4.79 Å². The average molecular weight is 341 g/mol. The Morgan fingerprint density at radius 2 is 2.21 bits per heavy atom. The van der Waals surface area contributed by atoms with E-state index < -0.39 is 0 Å². The molecule has 0 bridgehead atoms. The lowest BCUT2D eigenvalue weighted by Gasteiger charge is -2.06. The number of aromatic nitrogens is 3. The molecule has 7 heteroatoms. The molecule has 0 saturated heterocycles. The molecule has 0 aliphatic carbocycles. The van der Waals surface area contributed by atoms with Gasteiger partial charge in [-0.2, -0.15) is 16.4 Å². The average Bonchev–Trinajstić information content (AvgIpc) is 3.27. The molecule has 0 aliphatic heterocycles. The quantitative estimate of drug-likeness (QED) is 0.577. The maximum Gasteiger partial charge on any atom is 0.269 e. The van der Waals surface area contributed by atoms with E-state index >= 15 is 0 Å². The van der Waals surface area contributed by atoms with Crippen LogP contribution in [0.25, 0.3) is 11.3 Å². The fraction of sp³-hybridized carbons (Fsp3) is 0.235. The van der Waals surface area contributed by atoms with Crippen molar-refractivity contribution < 1.29 is 4.79 Å². The number of nitrogens with one attached hydrogen (secondary N) is 3. The van der Waals surface area contributed by atoms with E-state index in [4.69, 9.17) is 0 Å². The van der Waals surface area contributed by atoms with Crippen molar-refractivity contribution in [3.05, 3.63) is 52.5 Å². The van der Waals surface area contributed by atoms with E-state index in [1.54, 1.807) is 17.4 Å². The molecule has 0 aromatic carbocycles. The van der Waals surface area contributed by atoms with Gasteiger partial charge in [-0.1, -0.05) is 6.07 Å². The molecule has 0 saturated carbocycles. The first-order valence-corrected chi connectivity index (χ1v) is 8.69. The highest BCUT2D eigenvalue weighted by molar-refractivity contribution is 7.08. The summed E-state index contributed by atoms with van der Waals surface area (Å²) >= 11 is 1.60. The van der Waals surface area contributed by atoms with Crippen molar-refractivity contribution in [3.8, 4) is 11.3 Å². The zero-order chi connectivity index (χ0) is 16.8. The molecule has 3 rings (SSSR count). The van der Waals surface area contributed by atoms with Gasteiger partial charge < -0.3 is 10.6 Å². The second-order valence-corrected chi connectivity index (χ2v) is 6.22. The number of carbonyl (C=O) groups is 1. The van der Waals surface area contributed by atoms with Crippen LogP contribution in [0.5, 0.6) is 0 Å². The molecular weight excluding hydrogens is 322 g/mol. The topological polar surface area (TPSA) is 82.7 Å². The number of rotatable bonds is 7. The molecule has 0 spiro atoms. The van der Waals surface area contributed by atoms with Gasteiger partial charge in [0.05, 0.1) is 5.69 Å². The third-order valence-electron chi connectivity index (χ3n) is 3.50. The number of aromatic amines is 1. The van der Waals surface area contributed by atoms with Crippen LogP contribution in [0.4, 0.5) is 5.82 Å². The molecule has 3 N–H and O–H groups in total. The molecule has 0 atom stereocenters. The maximum absolute atomic E-state index is 12.1. The summed E-state index contributed by atoms with van der Waals surface area (Å²) in [4.78, 5) is 16.4. The minimum Gasteiger partial charge on any atom is -0.370 e. The van der Waals surface area contributed by atoms with E-state index in [1.165, 1.54) is 0 Å². The fourth-order valence-electron chi connectivity index (χ4n) is 2.17. The monoisotopic (exact) mass is 341 g/mol. The van der Waals surface area contributed by atoms with Gasteiger partial charge in [-0.15, -0.1) is 0 Å². The van der Waals surface area contributed by atoms with Crippen molar-refractivity contribution >= 4 is 23.1 Å². The van der Waals surface area contributed by atoms with Crippen molar-refractivity contribution in [2.24, 2.45) is 0 Å². The van der Waals surface area contributed by atoms with Crippen LogP contribution in [-0.2, 0) is 0 Å². The number of thiophene rings is 1. The first kappa shape index (κ1) is 16.2.